The van der Waals surface area contributed by atoms with E-state index < -0.39 is 11.9 Å². The molecule has 0 bridgehead atoms. The number of esters is 2. The Labute approximate surface area is 150 Å². The van der Waals surface area contributed by atoms with Crippen molar-refractivity contribution in [2.24, 2.45) is 0 Å². The third-order valence-electron chi connectivity index (χ3n) is 3.05. The summed E-state index contributed by atoms with van der Waals surface area (Å²) in [5, 5.41) is 8.48. The summed E-state index contributed by atoms with van der Waals surface area (Å²) >= 11 is 0. The molecule has 0 radical (unpaired) electrons. The average molecular weight is 354 g/mol. The third-order valence-corrected chi connectivity index (χ3v) is 3.05. The van der Waals surface area contributed by atoms with Crippen LogP contribution < -0.4 is 0 Å². The second-order valence-electron chi connectivity index (χ2n) is 5.47. The fraction of sp³-hybridized carbons (Fsp3) is 0.526. The summed E-state index contributed by atoms with van der Waals surface area (Å²) in [6.45, 7) is 12.7. The maximum atomic E-state index is 10.9. The molecule has 0 saturated carbocycles. The lowest BCUT2D eigenvalue weighted by Gasteiger charge is -2.02. The van der Waals surface area contributed by atoms with E-state index in [1.54, 1.807) is 6.92 Å². The van der Waals surface area contributed by atoms with Crippen LogP contribution in [0.5, 0.6) is 0 Å². The first-order valence-electron chi connectivity index (χ1n) is 8.16. The molecule has 0 atom stereocenters. The molecule has 0 spiro atoms. The van der Waals surface area contributed by atoms with Crippen LogP contribution in [0.2, 0.25) is 0 Å². The summed E-state index contributed by atoms with van der Waals surface area (Å²) in [6, 6.07) is 0. The van der Waals surface area contributed by atoms with Crippen LogP contribution in [0.4, 0.5) is 0 Å². The van der Waals surface area contributed by atoms with Gasteiger partial charge in [-0.15, -0.1) is 0 Å². The van der Waals surface area contributed by atoms with E-state index in [0.29, 0.717) is 12.2 Å². The zero-order valence-corrected chi connectivity index (χ0v) is 15.7. The van der Waals surface area contributed by atoms with Crippen molar-refractivity contribution in [3.63, 3.8) is 0 Å². The van der Waals surface area contributed by atoms with E-state index in [1.165, 1.54) is 33.0 Å². The van der Waals surface area contributed by atoms with Gasteiger partial charge < -0.3 is 14.6 Å². The minimum Gasteiger partial charge on any atom is -0.478 e. The lowest BCUT2D eigenvalue weighted by Crippen LogP contribution is -2.05. The largest absolute Gasteiger partial charge is 0.478 e. The van der Waals surface area contributed by atoms with E-state index in [9.17, 15) is 14.4 Å². The van der Waals surface area contributed by atoms with Crippen LogP contribution in [-0.4, -0.2) is 36.7 Å². The summed E-state index contributed by atoms with van der Waals surface area (Å²) < 4.78 is 9.30. The van der Waals surface area contributed by atoms with Gasteiger partial charge in [-0.25, -0.2) is 14.4 Å². The van der Waals surface area contributed by atoms with Gasteiger partial charge in [0.05, 0.1) is 13.7 Å². The molecule has 6 heteroatoms. The van der Waals surface area contributed by atoms with Gasteiger partial charge in [-0.1, -0.05) is 45.4 Å². The number of rotatable bonds is 10. The van der Waals surface area contributed by atoms with Crippen molar-refractivity contribution in [3.8, 4) is 0 Å². The molecule has 0 unspecified atom stereocenters. The maximum absolute atomic E-state index is 10.9. The zero-order valence-electron chi connectivity index (χ0n) is 15.7. The predicted molar refractivity (Wildman–Crippen MR) is 97.1 cm³/mol. The van der Waals surface area contributed by atoms with Crippen LogP contribution in [0.25, 0.3) is 0 Å². The number of hydrogen-bond acceptors (Lipinski definition) is 5. The van der Waals surface area contributed by atoms with Crippen molar-refractivity contribution < 1.29 is 29.0 Å². The maximum Gasteiger partial charge on any atom is 0.333 e. The van der Waals surface area contributed by atoms with Crippen LogP contribution in [0.1, 0.15) is 52.9 Å². The second kappa shape index (κ2) is 15.2. The van der Waals surface area contributed by atoms with E-state index in [-0.39, 0.29) is 23.5 Å². The summed E-state index contributed by atoms with van der Waals surface area (Å²) in [6.07, 6.45) is 6.14. The number of unbranched alkanes of at least 4 members (excludes halogenated alkanes) is 3. The summed E-state index contributed by atoms with van der Waals surface area (Å²) in [7, 11) is 1.25. The summed E-state index contributed by atoms with van der Waals surface area (Å²) in [4.78, 5) is 32.0. The van der Waals surface area contributed by atoms with Gasteiger partial charge in [0, 0.05) is 16.7 Å². The molecule has 0 rings (SSSR count). The van der Waals surface area contributed by atoms with Gasteiger partial charge >= 0.3 is 17.9 Å². The normalized spacial score (nSPS) is 10.2. The van der Waals surface area contributed by atoms with Crippen molar-refractivity contribution in [1.29, 1.82) is 0 Å². The lowest BCUT2D eigenvalue weighted by atomic mass is 10.1. The van der Waals surface area contributed by atoms with Crippen molar-refractivity contribution in [3.05, 3.63) is 36.0 Å². The number of hydrogen-bond donors (Lipinski definition) is 1. The van der Waals surface area contributed by atoms with E-state index in [1.807, 2.05) is 0 Å². The number of carbonyl (C=O) groups excluding carboxylic acids is 2. The van der Waals surface area contributed by atoms with E-state index >= 15 is 0 Å². The molecule has 0 fully saturated rings. The van der Waals surface area contributed by atoms with Gasteiger partial charge in [-0.2, -0.15) is 0 Å². The first kappa shape index (κ1) is 24.9. The van der Waals surface area contributed by atoms with Gasteiger partial charge in [0.25, 0.3) is 0 Å². The van der Waals surface area contributed by atoms with Gasteiger partial charge in [0.1, 0.15) is 0 Å². The molecule has 25 heavy (non-hydrogen) atoms. The fourth-order valence-electron chi connectivity index (χ4n) is 1.41. The van der Waals surface area contributed by atoms with E-state index in [2.05, 4.69) is 24.8 Å². The Morgan fingerprint density at radius 2 is 1.64 bits per heavy atom. The molecular weight excluding hydrogens is 324 g/mol. The highest BCUT2D eigenvalue weighted by atomic mass is 16.5. The molecule has 0 aliphatic rings. The minimum absolute atomic E-state index is 0.185. The molecule has 0 amide bonds. The highest BCUT2D eigenvalue weighted by Gasteiger charge is 2.06. The molecule has 0 aliphatic heterocycles. The first-order valence-corrected chi connectivity index (χ1v) is 8.16. The molecule has 0 aliphatic carbocycles. The minimum atomic E-state index is -1.00. The Morgan fingerprint density at radius 3 is 2.08 bits per heavy atom. The number of carbonyl (C=O) groups is 3. The predicted octanol–water partition coefficient (Wildman–Crippen LogP) is 3.82. The van der Waals surface area contributed by atoms with Gasteiger partial charge in [0.2, 0.25) is 0 Å². The number of allylic oxidation sites excluding steroid dienone is 1. The van der Waals surface area contributed by atoms with Gasteiger partial charge in [-0.05, 0) is 26.7 Å². The molecular formula is C19H30O6. The Morgan fingerprint density at radius 1 is 1.04 bits per heavy atom. The van der Waals surface area contributed by atoms with E-state index in [4.69, 9.17) is 9.84 Å². The number of methoxy groups -OCH3 is 1. The highest BCUT2D eigenvalue weighted by molar-refractivity contribution is 5.89. The molecule has 1 N–H and O–H groups in total. The summed E-state index contributed by atoms with van der Waals surface area (Å²) in [5.41, 5.74) is 0.902. The quantitative estimate of drug-likeness (QED) is 0.364. The average Bonchev–Trinajstić information content (AvgIpc) is 2.58. The van der Waals surface area contributed by atoms with Gasteiger partial charge in [-0.3, -0.25) is 0 Å². The third kappa shape index (κ3) is 14.9. The standard InChI is InChI=1S/C10H18O2.C9H12O4/c1-4-5-6-7-8-12-10(11)9(2)3;1-6(8(10)11)4-5-7(2)9(12)13-3/h2,4-8H2,1,3H3;4H,2,5H2,1,3H3,(H,10,11). The Balaban J connectivity index is 0. The van der Waals surface area contributed by atoms with Crippen molar-refractivity contribution in [2.45, 2.75) is 52.9 Å². The monoisotopic (exact) mass is 354 g/mol. The van der Waals surface area contributed by atoms with Crippen LogP contribution in [0.3, 0.4) is 0 Å². The Kier molecular flexibility index (Phi) is 15.1. The second-order valence-corrected chi connectivity index (χ2v) is 5.47. The molecule has 0 aromatic carbocycles. The Bertz CT molecular complexity index is 502. The van der Waals surface area contributed by atoms with Crippen molar-refractivity contribution in [1.82, 2.24) is 0 Å². The lowest BCUT2D eigenvalue weighted by molar-refractivity contribution is -0.139. The van der Waals surface area contributed by atoms with Crippen molar-refractivity contribution >= 4 is 17.9 Å². The van der Waals surface area contributed by atoms with Crippen LogP contribution >= 0.6 is 0 Å². The highest BCUT2D eigenvalue weighted by Crippen LogP contribution is 2.04. The molecule has 0 aromatic heterocycles. The molecule has 6 nitrogen and oxygen atoms in total. The van der Waals surface area contributed by atoms with Crippen LogP contribution in [0.15, 0.2) is 36.0 Å². The number of ether oxygens (including phenoxy) is 2. The zero-order chi connectivity index (χ0) is 19.8. The number of carboxylic acid groups (broad SMARTS) is 1. The van der Waals surface area contributed by atoms with Crippen LogP contribution in [-0.2, 0) is 23.9 Å². The molecule has 142 valence electrons. The topological polar surface area (TPSA) is 89.9 Å². The van der Waals surface area contributed by atoms with Gasteiger partial charge in [0.15, 0.2) is 0 Å². The molecule has 0 saturated heterocycles. The Hall–Kier alpha value is -2.37. The molecule has 0 aromatic rings. The first-order chi connectivity index (χ1) is 11.7. The SMILES string of the molecule is C=C(C)C(=O)OCCCCCC.C=C(CC=C(C)C(=O)O)C(=O)OC. The smallest absolute Gasteiger partial charge is 0.333 e. The van der Waals surface area contributed by atoms with Crippen LogP contribution in [0, 0.1) is 0 Å². The number of aliphatic carboxylic acids is 1. The molecule has 0 heterocycles. The number of carboxylic acids is 1. The van der Waals surface area contributed by atoms with Crippen molar-refractivity contribution in [2.75, 3.05) is 13.7 Å². The fourth-order valence-corrected chi connectivity index (χ4v) is 1.41. The summed E-state index contributed by atoms with van der Waals surface area (Å²) in [5.74, 6) is -1.79. The van der Waals surface area contributed by atoms with E-state index in [0.717, 1.165) is 12.8 Å².